The summed E-state index contributed by atoms with van der Waals surface area (Å²) in [6, 6.07) is 7.72. The van der Waals surface area contributed by atoms with Crippen molar-refractivity contribution in [3.8, 4) is 0 Å². The molecule has 1 aromatic rings. The number of likely N-dealkylation sites (N-methyl/N-ethyl adjacent to an activating group) is 1. The van der Waals surface area contributed by atoms with Gasteiger partial charge in [-0.3, -0.25) is 9.59 Å². The number of aryl methyl sites for hydroxylation is 1. The molecule has 2 N–H and O–H groups in total. The normalized spacial score (nSPS) is 14.8. The van der Waals surface area contributed by atoms with E-state index in [0.29, 0.717) is 6.54 Å². The minimum absolute atomic E-state index is 0.0729. The van der Waals surface area contributed by atoms with E-state index in [9.17, 15) is 9.59 Å². The van der Waals surface area contributed by atoms with Crippen LogP contribution in [0.15, 0.2) is 36.0 Å². The molecule has 1 unspecified atom stereocenters. The summed E-state index contributed by atoms with van der Waals surface area (Å²) in [7, 11) is 1.89. The van der Waals surface area contributed by atoms with Gasteiger partial charge in [0, 0.05) is 17.9 Å². The Morgan fingerprint density at radius 3 is 2.52 bits per heavy atom. The summed E-state index contributed by atoms with van der Waals surface area (Å²) in [5.41, 5.74) is 3.10. The molecule has 1 atom stereocenters. The Morgan fingerprint density at radius 1 is 1.20 bits per heavy atom. The number of allylic oxidation sites excluding steroid dienone is 2. The third kappa shape index (κ3) is 6.02. The van der Waals surface area contributed by atoms with Crippen molar-refractivity contribution in [1.82, 2.24) is 4.90 Å². The molecule has 2 rings (SSSR count). The first-order chi connectivity index (χ1) is 12.0. The monoisotopic (exact) mass is 344 g/mol. The third-order valence-electron chi connectivity index (χ3n) is 4.36. The van der Waals surface area contributed by atoms with Crippen LogP contribution in [0.2, 0.25) is 0 Å². The van der Waals surface area contributed by atoms with E-state index in [4.69, 9.17) is 0 Å². The number of rotatable bonds is 8. The van der Waals surface area contributed by atoms with Crippen LogP contribution in [-0.4, -0.2) is 43.4 Å². The molecule has 25 heavy (non-hydrogen) atoms. The lowest BCUT2D eigenvalue weighted by Gasteiger charge is -2.24. The average Bonchev–Trinajstić information content (AvgIpc) is 3.08. The molecule has 0 radical (unpaired) electrons. The zero-order valence-electron chi connectivity index (χ0n) is 15.6. The van der Waals surface area contributed by atoms with Gasteiger partial charge in [-0.25, -0.2) is 0 Å². The Labute approximate surface area is 150 Å². The molecule has 0 saturated carbocycles. The van der Waals surface area contributed by atoms with Crippen LogP contribution in [0.25, 0.3) is 0 Å². The maximum Gasteiger partial charge on any atom is 0.281 e. The fourth-order valence-electron chi connectivity index (χ4n) is 3.08. The summed E-state index contributed by atoms with van der Waals surface area (Å²) in [5, 5.41) is 2.89. The summed E-state index contributed by atoms with van der Waals surface area (Å²) in [6.45, 7) is 5.46. The fourth-order valence-corrected chi connectivity index (χ4v) is 3.08. The van der Waals surface area contributed by atoms with Gasteiger partial charge in [0.15, 0.2) is 13.1 Å². The molecule has 0 fully saturated rings. The van der Waals surface area contributed by atoms with Gasteiger partial charge < -0.3 is 15.1 Å². The summed E-state index contributed by atoms with van der Waals surface area (Å²) >= 11 is 0. The highest BCUT2D eigenvalue weighted by atomic mass is 16.2. The Kier molecular flexibility index (Phi) is 7.19. The quantitative estimate of drug-likeness (QED) is 0.755. The van der Waals surface area contributed by atoms with Crippen molar-refractivity contribution in [1.29, 1.82) is 0 Å². The van der Waals surface area contributed by atoms with Crippen LogP contribution < -0.4 is 10.2 Å². The van der Waals surface area contributed by atoms with Gasteiger partial charge in [-0.05, 0) is 44.7 Å². The fraction of sp³-hybridized carbons (Fsp3) is 0.500. The molecule has 5 heteroatoms. The van der Waals surface area contributed by atoms with Crippen LogP contribution in [0.1, 0.15) is 38.2 Å². The van der Waals surface area contributed by atoms with E-state index in [0.717, 1.165) is 54.1 Å². The number of amides is 2. The van der Waals surface area contributed by atoms with E-state index in [1.807, 2.05) is 43.1 Å². The van der Waals surface area contributed by atoms with E-state index in [1.165, 1.54) is 0 Å². The van der Waals surface area contributed by atoms with Crippen LogP contribution in [0.3, 0.4) is 0 Å². The highest BCUT2D eigenvalue weighted by Crippen LogP contribution is 2.21. The maximum absolute atomic E-state index is 12.6. The summed E-state index contributed by atoms with van der Waals surface area (Å²) in [6.07, 6.45) is 6.29. The highest BCUT2D eigenvalue weighted by molar-refractivity contribution is 5.91. The van der Waals surface area contributed by atoms with E-state index in [2.05, 4.69) is 18.3 Å². The van der Waals surface area contributed by atoms with Gasteiger partial charge in [-0.2, -0.15) is 0 Å². The molecule has 1 aliphatic carbocycles. The molecule has 0 aliphatic heterocycles. The van der Waals surface area contributed by atoms with Gasteiger partial charge in [0.2, 0.25) is 0 Å². The molecule has 0 aromatic heterocycles. The zero-order valence-corrected chi connectivity index (χ0v) is 15.6. The van der Waals surface area contributed by atoms with Crippen molar-refractivity contribution >= 4 is 17.5 Å². The van der Waals surface area contributed by atoms with E-state index >= 15 is 0 Å². The van der Waals surface area contributed by atoms with Gasteiger partial charge in [0.25, 0.3) is 11.8 Å². The number of hydrogen-bond acceptors (Lipinski definition) is 2. The summed E-state index contributed by atoms with van der Waals surface area (Å²) in [4.78, 5) is 27.6. The van der Waals surface area contributed by atoms with Crippen molar-refractivity contribution in [2.75, 3.05) is 32.0 Å². The number of hydrogen-bond donors (Lipinski definition) is 2. The van der Waals surface area contributed by atoms with Crippen molar-refractivity contribution in [3.63, 3.8) is 0 Å². The van der Waals surface area contributed by atoms with E-state index < -0.39 is 0 Å². The second-order valence-electron chi connectivity index (χ2n) is 6.86. The highest BCUT2D eigenvalue weighted by Gasteiger charge is 2.23. The number of quaternary nitrogens is 1. The Bertz CT molecular complexity index is 622. The zero-order chi connectivity index (χ0) is 18.2. The van der Waals surface area contributed by atoms with Gasteiger partial charge in [0.05, 0.1) is 7.05 Å². The van der Waals surface area contributed by atoms with Crippen molar-refractivity contribution in [3.05, 3.63) is 41.6 Å². The first kappa shape index (κ1) is 19.2. The predicted octanol–water partition coefficient (Wildman–Crippen LogP) is 1.75. The second-order valence-corrected chi connectivity index (χ2v) is 6.86. The average molecular weight is 344 g/mol. The number of nitrogens with one attached hydrogen (secondary N) is 2. The summed E-state index contributed by atoms with van der Waals surface area (Å²) < 4.78 is 0. The molecule has 0 saturated heterocycles. The van der Waals surface area contributed by atoms with Crippen molar-refractivity contribution in [2.45, 2.75) is 39.5 Å². The standard InChI is InChI=1S/C20H29N3O2/c1-4-13-23(18-7-5-6-8-18)20(25)15-22(3)14-19(24)21-17-11-9-16(2)10-12-17/h7,9-12H,4-6,8,13-15H2,1-3H3,(H,21,24)/p+1. The minimum atomic E-state index is -0.0729. The smallest absolute Gasteiger partial charge is 0.281 e. The van der Waals surface area contributed by atoms with Gasteiger partial charge in [0.1, 0.15) is 0 Å². The third-order valence-corrected chi connectivity index (χ3v) is 4.36. The Morgan fingerprint density at radius 2 is 1.92 bits per heavy atom. The number of nitrogens with zero attached hydrogens (tertiary/aromatic N) is 1. The number of benzene rings is 1. The van der Waals surface area contributed by atoms with Gasteiger partial charge in [-0.1, -0.05) is 30.7 Å². The van der Waals surface area contributed by atoms with E-state index in [-0.39, 0.29) is 18.4 Å². The molecule has 0 heterocycles. The van der Waals surface area contributed by atoms with Gasteiger partial charge in [-0.15, -0.1) is 0 Å². The second kappa shape index (κ2) is 9.37. The molecule has 1 aromatic carbocycles. The van der Waals surface area contributed by atoms with Crippen LogP contribution >= 0.6 is 0 Å². The number of carbonyl (C=O) groups excluding carboxylic acids is 2. The molecule has 0 spiro atoms. The van der Waals surface area contributed by atoms with Crippen LogP contribution in [0.4, 0.5) is 5.69 Å². The minimum Gasteiger partial charge on any atom is -0.322 e. The molecule has 5 nitrogen and oxygen atoms in total. The van der Waals surface area contributed by atoms with Crippen molar-refractivity contribution < 1.29 is 14.5 Å². The lowest BCUT2D eigenvalue weighted by Crippen LogP contribution is -3.11. The first-order valence-electron chi connectivity index (χ1n) is 9.16. The topological polar surface area (TPSA) is 53.9 Å². The van der Waals surface area contributed by atoms with Crippen LogP contribution in [-0.2, 0) is 9.59 Å². The predicted molar refractivity (Wildman–Crippen MR) is 100 cm³/mol. The molecular formula is C20H30N3O2+. The maximum atomic E-state index is 12.6. The lowest BCUT2D eigenvalue weighted by molar-refractivity contribution is -0.862. The largest absolute Gasteiger partial charge is 0.322 e. The summed E-state index contributed by atoms with van der Waals surface area (Å²) in [5.74, 6) is 0.0342. The van der Waals surface area contributed by atoms with E-state index in [1.54, 1.807) is 0 Å². The first-order valence-corrected chi connectivity index (χ1v) is 9.16. The Hall–Kier alpha value is -2.14. The Balaban J connectivity index is 1.84. The molecule has 2 amide bonds. The molecule has 1 aliphatic rings. The van der Waals surface area contributed by atoms with Crippen LogP contribution in [0.5, 0.6) is 0 Å². The molecule has 0 bridgehead atoms. The van der Waals surface area contributed by atoms with Crippen LogP contribution in [0, 0.1) is 6.92 Å². The number of carbonyl (C=O) groups is 2. The molecular weight excluding hydrogens is 314 g/mol. The molecule has 136 valence electrons. The van der Waals surface area contributed by atoms with Crippen molar-refractivity contribution in [2.24, 2.45) is 0 Å². The number of anilines is 1. The lowest BCUT2D eigenvalue weighted by atomic mass is 10.2. The van der Waals surface area contributed by atoms with Gasteiger partial charge >= 0.3 is 0 Å². The SMILES string of the molecule is CCCN(C(=O)C[NH+](C)CC(=O)Nc1ccc(C)cc1)C1=CCCC1.